The van der Waals surface area contributed by atoms with Crippen LogP contribution in [0.25, 0.3) is 0 Å². The molecule has 2 heteroatoms. The number of hydrogen-bond donors (Lipinski definition) is 1. The molecule has 2 nitrogen and oxygen atoms in total. The highest BCUT2D eigenvalue weighted by molar-refractivity contribution is 4.82. The minimum absolute atomic E-state index is 0.371. The molecule has 0 radical (unpaired) electrons. The summed E-state index contributed by atoms with van der Waals surface area (Å²) in [4.78, 5) is 0. The fraction of sp³-hybridized carbons (Fsp3) is 1.00. The van der Waals surface area contributed by atoms with Crippen LogP contribution in [0.5, 0.6) is 0 Å². The van der Waals surface area contributed by atoms with E-state index in [1.54, 1.807) is 0 Å². The van der Waals surface area contributed by atoms with E-state index >= 15 is 0 Å². The molecule has 2 rings (SSSR count). The third-order valence-corrected chi connectivity index (χ3v) is 3.44. The minimum atomic E-state index is 0.371. The Kier molecular flexibility index (Phi) is 2.66. The molecule has 0 amide bonds. The molecule has 0 bridgehead atoms. The predicted octanol–water partition coefficient (Wildman–Crippen LogP) is 1.54. The molecule has 2 aliphatic rings. The normalized spacial score (nSPS) is 37.8. The lowest BCUT2D eigenvalue weighted by molar-refractivity contribution is 0.108. The molecule has 12 heavy (non-hydrogen) atoms. The first kappa shape index (κ1) is 8.52. The first-order valence-electron chi connectivity index (χ1n) is 5.22. The molecule has 0 aromatic rings. The largest absolute Gasteiger partial charge is 0.377 e. The lowest BCUT2D eigenvalue weighted by Gasteiger charge is -2.15. The molecule has 0 unspecified atom stereocenters. The Bertz CT molecular complexity index is 143. The van der Waals surface area contributed by atoms with Crippen LogP contribution in [0.15, 0.2) is 0 Å². The third-order valence-electron chi connectivity index (χ3n) is 3.44. The standard InChI is InChI=1S/C10H19NO/c11-6-10-5-9(7-12-10)8-3-1-2-4-8/h8-10H,1-7,11H2/t9-,10+/m0/s1. The van der Waals surface area contributed by atoms with E-state index in [4.69, 9.17) is 10.5 Å². The molecule has 1 saturated carbocycles. The molecule has 1 saturated heterocycles. The molecule has 2 fully saturated rings. The molecule has 0 aromatic carbocycles. The number of ether oxygens (including phenoxy) is 1. The van der Waals surface area contributed by atoms with Crippen molar-refractivity contribution in [2.45, 2.75) is 38.2 Å². The van der Waals surface area contributed by atoms with Gasteiger partial charge in [-0.2, -0.15) is 0 Å². The van der Waals surface area contributed by atoms with Crippen LogP contribution in [0.2, 0.25) is 0 Å². The molecule has 2 N–H and O–H groups in total. The Balaban J connectivity index is 1.81. The summed E-state index contributed by atoms with van der Waals surface area (Å²) in [6.45, 7) is 1.69. The van der Waals surface area contributed by atoms with Gasteiger partial charge in [0.1, 0.15) is 0 Å². The van der Waals surface area contributed by atoms with E-state index in [-0.39, 0.29) is 0 Å². The molecule has 0 aromatic heterocycles. The van der Waals surface area contributed by atoms with E-state index in [1.807, 2.05) is 0 Å². The molecule has 1 heterocycles. The van der Waals surface area contributed by atoms with Gasteiger partial charge in [-0.15, -0.1) is 0 Å². The van der Waals surface area contributed by atoms with Gasteiger partial charge in [0, 0.05) is 6.54 Å². The van der Waals surface area contributed by atoms with Crippen molar-refractivity contribution < 1.29 is 4.74 Å². The van der Waals surface area contributed by atoms with Crippen molar-refractivity contribution in [2.24, 2.45) is 17.6 Å². The van der Waals surface area contributed by atoms with Crippen LogP contribution in [-0.4, -0.2) is 19.3 Å². The summed E-state index contributed by atoms with van der Waals surface area (Å²) in [5.74, 6) is 1.79. The molecule has 2 atom stereocenters. The van der Waals surface area contributed by atoms with E-state index in [0.29, 0.717) is 12.6 Å². The minimum Gasteiger partial charge on any atom is -0.377 e. The summed E-state index contributed by atoms with van der Waals surface area (Å²) in [7, 11) is 0. The average molecular weight is 169 g/mol. The van der Waals surface area contributed by atoms with Gasteiger partial charge < -0.3 is 10.5 Å². The zero-order chi connectivity index (χ0) is 8.39. The first-order valence-corrected chi connectivity index (χ1v) is 5.22. The second kappa shape index (κ2) is 3.75. The van der Waals surface area contributed by atoms with Gasteiger partial charge in [0.25, 0.3) is 0 Å². The van der Waals surface area contributed by atoms with Gasteiger partial charge in [0.2, 0.25) is 0 Å². The zero-order valence-electron chi connectivity index (χ0n) is 7.67. The van der Waals surface area contributed by atoms with Gasteiger partial charge in [0.15, 0.2) is 0 Å². The van der Waals surface area contributed by atoms with Crippen LogP contribution in [0.3, 0.4) is 0 Å². The van der Waals surface area contributed by atoms with Crippen molar-refractivity contribution in [3.8, 4) is 0 Å². The Morgan fingerprint density at radius 2 is 1.92 bits per heavy atom. The smallest absolute Gasteiger partial charge is 0.0701 e. The van der Waals surface area contributed by atoms with Crippen LogP contribution in [0.1, 0.15) is 32.1 Å². The summed E-state index contributed by atoms with van der Waals surface area (Å²) in [5.41, 5.74) is 5.57. The van der Waals surface area contributed by atoms with Gasteiger partial charge in [-0.25, -0.2) is 0 Å². The molecule has 1 aliphatic carbocycles. The maximum Gasteiger partial charge on any atom is 0.0701 e. The number of rotatable bonds is 2. The lowest BCUT2D eigenvalue weighted by Crippen LogP contribution is -2.19. The van der Waals surface area contributed by atoms with Crippen molar-refractivity contribution in [1.82, 2.24) is 0 Å². The highest BCUT2D eigenvalue weighted by Crippen LogP contribution is 2.36. The number of nitrogens with two attached hydrogens (primary N) is 1. The van der Waals surface area contributed by atoms with Crippen LogP contribution in [0, 0.1) is 11.8 Å². The topological polar surface area (TPSA) is 35.2 Å². The molecule has 70 valence electrons. The van der Waals surface area contributed by atoms with E-state index in [9.17, 15) is 0 Å². The van der Waals surface area contributed by atoms with Gasteiger partial charge in [-0.1, -0.05) is 25.7 Å². The summed E-state index contributed by atoms with van der Waals surface area (Å²) in [5, 5.41) is 0. The predicted molar refractivity (Wildman–Crippen MR) is 48.9 cm³/mol. The maximum absolute atomic E-state index is 5.60. The van der Waals surface area contributed by atoms with Gasteiger partial charge >= 0.3 is 0 Å². The second-order valence-corrected chi connectivity index (χ2v) is 4.23. The Labute approximate surface area is 74.5 Å². The van der Waals surface area contributed by atoms with Crippen molar-refractivity contribution in [1.29, 1.82) is 0 Å². The lowest BCUT2D eigenvalue weighted by atomic mass is 9.89. The summed E-state index contributed by atoms with van der Waals surface area (Å²) >= 11 is 0. The Morgan fingerprint density at radius 1 is 1.17 bits per heavy atom. The molecule has 0 spiro atoms. The highest BCUT2D eigenvalue weighted by Gasteiger charge is 2.32. The van der Waals surface area contributed by atoms with Crippen molar-refractivity contribution in [3.05, 3.63) is 0 Å². The maximum atomic E-state index is 5.60. The van der Waals surface area contributed by atoms with Gasteiger partial charge in [-0.3, -0.25) is 0 Å². The summed E-state index contributed by atoms with van der Waals surface area (Å²) in [6, 6.07) is 0. The first-order chi connectivity index (χ1) is 5.90. The van der Waals surface area contributed by atoms with E-state index in [1.165, 1.54) is 32.1 Å². The van der Waals surface area contributed by atoms with E-state index < -0.39 is 0 Å². The van der Waals surface area contributed by atoms with Crippen LogP contribution >= 0.6 is 0 Å². The number of hydrogen-bond acceptors (Lipinski definition) is 2. The summed E-state index contributed by atoms with van der Waals surface area (Å²) in [6.07, 6.45) is 7.34. The van der Waals surface area contributed by atoms with Gasteiger partial charge in [-0.05, 0) is 18.3 Å². The fourth-order valence-corrected chi connectivity index (χ4v) is 2.66. The van der Waals surface area contributed by atoms with Crippen LogP contribution in [0.4, 0.5) is 0 Å². The van der Waals surface area contributed by atoms with Gasteiger partial charge in [0.05, 0.1) is 12.7 Å². The Hall–Kier alpha value is -0.0800. The highest BCUT2D eigenvalue weighted by atomic mass is 16.5. The van der Waals surface area contributed by atoms with Crippen molar-refractivity contribution in [2.75, 3.05) is 13.2 Å². The van der Waals surface area contributed by atoms with Crippen LogP contribution < -0.4 is 5.73 Å². The second-order valence-electron chi connectivity index (χ2n) is 4.23. The zero-order valence-corrected chi connectivity index (χ0v) is 7.67. The SMILES string of the molecule is NC[C@H]1C[C@H](C2CCCC2)CO1. The van der Waals surface area contributed by atoms with Crippen LogP contribution in [-0.2, 0) is 4.74 Å². The molecular weight excluding hydrogens is 150 g/mol. The van der Waals surface area contributed by atoms with E-state index in [2.05, 4.69) is 0 Å². The Morgan fingerprint density at radius 3 is 2.50 bits per heavy atom. The molecular formula is C10H19NO. The van der Waals surface area contributed by atoms with Crippen molar-refractivity contribution in [3.63, 3.8) is 0 Å². The molecule has 1 aliphatic heterocycles. The van der Waals surface area contributed by atoms with Crippen molar-refractivity contribution >= 4 is 0 Å². The van der Waals surface area contributed by atoms with E-state index in [0.717, 1.165) is 18.4 Å². The quantitative estimate of drug-likeness (QED) is 0.680. The monoisotopic (exact) mass is 169 g/mol. The third kappa shape index (κ3) is 1.64. The average Bonchev–Trinajstić information content (AvgIpc) is 2.75. The summed E-state index contributed by atoms with van der Waals surface area (Å²) < 4.78 is 5.60. The fourth-order valence-electron chi connectivity index (χ4n) is 2.66.